The summed E-state index contributed by atoms with van der Waals surface area (Å²) in [4.78, 5) is 23.2. The molecule has 40 heavy (non-hydrogen) atoms. The number of benzene rings is 3. The van der Waals surface area contributed by atoms with Crippen molar-refractivity contribution in [3.05, 3.63) is 95.6 Å². The lowest BCUT2D eigenvalue weighted by atomic mass is 9.80. The number of ether oxygens (including phenoxy) is 5. The number of alkyl halides is 1. The molecule has 0 aliphatic carbocycles. The summed E-state index contributed by atoms with van der Waals surface area (Å²) in [6, 6.07) is 23.7. The third-order valence-corrected chi connectivity index (χ3v) is 6.97. The zero-order valence-corrected chi connectivity index (χ0v) is 22.6. The van der Waals surface area contributed by atoms with Crippen LogP contribution in [0.5, 0.6) is 11.5 Å². The van der Waals surface area contributed by atoms with Crippen LogP contribution in [0.15, 0.2) is 78.9 Å². The number of rotatable bonds is 12. The minimum absolute atomic E-state index is 0.130. The topological polar surface area (TPSA) is 101 Å². The third-order valence-electron chi connectivity index (χ3n) is 6.97. The molecule has 0 amide bonds. The van der Waals surface area contributed by atoms with Gasteiger partial charge in [-0.05, 0) is 41.0 Å². The van der Waals surface area contributed by atoms with E-state index in [1.807, 2.05) is 78.9 Å². The van der Waals surface area contributed by atoms with Crippen molar-refractivity contribution in [1.29, 1.82) is 0 Å². The van der Waals surface area contributed by atoms with Gasteiger partial charge in [-0.3, -0.25) is 9.59 Å². The molecule has 1 saturated heterocycles. The van der Waals surface area contributed by atoms with Gasteiger partial charge in [0.25, 0.3) is 0 Å². The van der Waals surface area contributed by atoms with E-state index in [9.17, 15) is 9.59 Å². The highest BCUT2D eigenvalue weighted by molar-refractivity contribution is 6.11. The smallest absolute Gasteiger partial charge is 0.306 e. The summed E-state index contributed by atoms with van der Waals surface area (Å²) in [7, 11) is 4.73. The van der Waals surface area contributed by atoms with E-state index in [2.05, 4.69) is 0 Å². The number of aliphatic carboxylic acids is 1. The molecule has 1 aliphatic heterocycles. The van der Waals surface area contributed by atoms with E-state index in [1.165, 1.54) is 0 Å². The van der Waals surface area contributed by atoms with Crippen molar-refractivity contribution in [2.45, 2.75) is 42.8 Å². The number of carbonyl (C=O) groups excluding carboxylic acids is 1. The molecule has 210 valence electrons. The number of carbonyl (C=O) groups is 2. The minimum Gasteiger partial charge on any atom is -0.497 e. The molecule has 1 aliphatic rings. The summed E-state index contributed by atoms with van der Waals surface area (Å²) in [6.45, 7) is -0.130. The van der Waals surface area contributed by atoms with Gasteiger partial charge in [0.05, 0.1) is 39.7 Å². The Balaban J connectivity index is 1.73. The predicted molar refractivity (Wildman–Crippen MR) is 147 cm³/mol. The number of esters is 1. The number of carboxylic acids is 1. The Morgan fingerprint density at radius 3 is 1.90 bits per heavy atom. The van der Waals surface area contributed by atoms with Crippen LogP contribution in [0.1, 0.15) is 29.5 Å². The van der Waals surface area contributed by atoms with E-state index in [0.717, 1.165) is 16.7 Å². The monoisotopic (exact) mass is 550 g/mol. The lowest BCUT2D eigenvalue weighted by Crippen LogP contribution is -2.41. The van der Waals surface area contributed by atoms with Crippen LogP contribution in [0.4, 0.5) is 4.39 Å². The van der Waals surface area contributed by atoms with Crippen molar-refractivity contribution in [3.63, 3.8) is 0 Å². The summed E-state index contributed by atoms with van der Waals surface area (Å²) < 4.78 is 43.9. The molecule has 0 saturated carbocycles. The van der Waals surface area contributed by atoms with Gasteiger partial charge >= 0.3 is 11.9 Å². The first-order chi connectivity index (χ1) is 19.3. The zero-order chi connectivity index (χ0) is 28.7. The minimum atomic E-state index is -1.60. The summed E-state index contributed by atoms with van der Waals surface area (Å²) >= 11 is 0. The van der Waals surface area contributed by atoms with Crippen LogP contribution >= 0.6 is 0 Å². The highest BCUT2D eigenvalue weighted by Gasteiger charge is 2.47. The largest absolute Gasteiger partial charge is 0.497 e. The van der Waals surface area contributed by atoms with E-state index in [1.54, 1.807) is 22.1 Å². The molecular formula is C30H32BFO8. The van der Waals surface area contributed by atoms with Crippen molar-refractivity contribution in [2.24, 2.45) is 0 Å². The fourth-order valence-electron chi connectivity index (χ4n) is 4.88. The number of hydrogen-bond acceptors (Lipinski definition) is 7. The van der Waals surface area contributed by atoms with Crippen LogP contribution in [0.25, 0.3) is 0 Å². The second-order valence-electron chi connectivity index (χ2n) is 9.49. The third kappa shape index (κ3) is 6.29. The molecule has 0 bridgehead atoms. The Kier molecular flexibility index (Phi) is 9.44. The standard InChI is InChI=1S/C30H32BFO8/c1-36-22-12-8-20(9-13-22)30(19-6-4-3-5-7-19,21-10-14-23(37-2)15-11-21)38-18-24-28(27(32)29(31)39-24)40-26(35)17-16-25(33)34/h3-15,24,27-29H,16-18,31H2,1-2H3,(H,33,34)/t24-,27?,28+,29-/m1/s1. The molecule has 1 heterocycles. The van der Waals surface area contributed by atoms with Crippen LogP contribution in [0.2, 0.25) is 0 Å². The highest BCUT2D eigenvalue weighted by Crippen LogP contribution is 2.42. The molecule has 3 aromatic rings. The van der Waals surface area contributed by atoms with Crippen LogP contribution in [-0.2, 0) is 29.4 Å². The van der Waals surface area contributed by atoms with E-state index in [4.69, 9.17) is 28.8 Å². The normalized spacial score (nSPS) is 20.6. The number of methoxy groups -OCH3 is 2. The molecule has 8 nitrogen and oxygen atoms in total. The van der Waals surface area contributed by atoms with E-state index in [-0.39, 0.29) is 13.0 Å². The SMILES string of the molecule is B[C@@H]1O[C@H](COC(c2ccccc2)(c2ccc(OC)cc2)c2ccc(OC)cc2)[C@H](OC(=O)CCC(=O)O)C1F. The highest BCUT2D eigenvalue weighted by atomic mass is 19.1. The fourth-order valence-corrected chi connectivity index (χ4v) is 4.88. The van der Waals surface area contributed by atoms with Gasteiger partial charge in [0.1, 0.15) is 31.1 Å². The van der Waals surface area contributed by atoms with Crippen LogP contribution in [0.3, 0.4) is 0 Å². The molecule has 10 heteroatoms. The van der Waals surface area contributed by atoms with Gasteiger partial charge in [0, 0.05) is 0 Å². The molecule has 0 aromatic heterocycles. The molecule has 0 radical (unpaired) electrons. The van der Waals surface area contributed by atoms with E-state index >= 15 is 4.39 Å². The summed E-state index contributed by atoms with van der Waals surface area (Å²) in [5.74, 6) is -0.613. The van der Waals surface area contributed by atoms with Gasteiger partial charge in [0.15, 0.2) is 12.3 Å². The number of halogens is 1. The van der Waals surface area contributed by atoms with Crippen molar-refractivity contribution in [2.75, 3.05) is 20.8 Å². The Labute approximate surface area is 233 Å². The predicted octanol–water partition coefficient (Wildman–Crippen LogP) is 3.49. The van der Waals surface area contributed by atoms with Crippen molar-refractivity contribution < 1.29 is 42.8 Å². The van der Waals surface area contributed by atoms with Gasteiger partial charge in [-0.2, -0.15) is 0 Å². The number of carboxylic acid groups (broad SMARTS) is 1. The average molecular weight is 550 g/mol. The quantitative estimate of drug-likeness (QED) is 0.208. The molecular weight excluding hydrogens is 518 g/mol. The number of hydrogen-bond donors (Lipinski definition) is 1. The molecule has 1 unspecified atom stereocenters. The van der Waals surface area contributed by atoms with Crippen molar-refractivity contribution in [1.82, 2.24) is 0 Å². The first-order valence-electron chi connectivity index (χ1n) is 13.0. The van der Waals surface area contributed by atoms with Crippen molar-refractivity contribution in [3.8, 4) is 11.5 Å². The average Bonchev–Trinajstić information content (AvgIpc) is 3.25. The second-order valence-corrected chi connectivity index (χ2v) is 9.49. The molecule has 1 N–H and O–H groups in total. The molecule has 0 spiro atoms. The maximum absolute atomic E-state index is 15.1. The summed E-state index contributed by atoms with van der Waals surface area (Å²) in [6.07, 6.45) is -4.57. The molecule has 4 rings (SSSR count). The maximum atomic E-state index is 15.1. The first kappa shape index (κ1) is 29.1. The van der Waals surface area contributed by atoms with Gasteiger partial charge in [-0.25, -0.2) is 4.39 Å². The van der Waals surface area contributed by atoms with E-state index in [0.29, 0.717) is 11.5 Å². The Bertz CT molecular complexity index is 1220. The maximum Gasteiger partial charge on any atom is 0.306 e. The van der Waals surface area contributed by atoms with Crippen LogP contribution < -0.4 is 9.47 Å². The first-order valence-corrected chi connectivity index (χ1v) is 13.0. The lowest BCUT2D eigenvalue weighted by molar-refractivity contribution is -0.159. The zero-order valence-electron chi connectivity index (χ0n) is 22.6. The Morgan fingerprint density at radius 2 is 1.40 bits per heavy atom. The molecule has 4 atom stereocenters. The van der Waals surface area contributed by atoms with Gasteiger partial charge < -0.3 is 28.8 Å². The Hall–Kier alpha value is -3.89. The van der Waals surface area contributed by atoms with Gasteiger partial charge in [-0.1, -0.05) is 54.6 Å². The van der Waals surface area contributed by atoms with Crippen LogP contribution in [-0.4, -0.2) is 70.1 Å². The van der Waals surface area contributed by atoms with E-state index < -0.39 is 48.3 Å². The fraction of sp³-hybridized carbons (Fsp3) is 0.333. The second kappa shape index (κ2) is 13.0. The summed E-state index contributed by atoms with van der Waals surface area (Å²) in [5, 5.41) is 8.89. The van der Waals surface area contributed by atoms with Gasteiger partial charge in [0.2, 0.25) is 0 Å². The molecule has 3 aromatic carbocycles. The van der Waals surface area contributed by atoms with Crippen LogP contribution in [0, 0.1) is 0 Å². The van der Waals surface area contributed by atoms with Crippen molar-refractivity contribution >= 4 is 19.8 Å². The Morgan fingerprint density at radius 1 is 0.875 bits per heavy atom. The summed E-state index contributed by atoms with van der Waals surface area (Å²) in [5.41, 5.74) is 1.20. The molecule has 1 fully saturated rings. The lowest BCUT2D eigenvalue weighted by Gasteiger charge is -2.37. The van der Waals surface area contributed by atoms with Gasteiger partial charge in [-0.15, -0.1) is 0 Å².